The van der Waals surface area contributed by atoms with Crippen molar-refractivity contribution in [3.8, 4) is 5.75 Å². The van der Waals surface area contributed by atoms with E-state index in [0.717, 1.165) is 38.5 Å². The van der Waals surface area contributed by atoms with Crippen molar-refractivity contribution < 1.29 is 19.4 Å². The fourth-order valence-corrected chi connectivity index (χ4v) is 4.16. The Labute approximate surface area is 178 Å². The number of ether oxygens (including phenoxy) is 1. The Kier molecular flexibility index (Phi) is 7.58. The number of benzene rings is 2. The summed E-state index contributed by atoms with van der Waals surface area (Å²) in [5.41, 5.74) is 6.31. The molecule has 0 spiro atoms. The van der Waals surface area contributed by atoms with Crippen LogP contribution in [0.15, 0.2) is 48.5 Å². The molecule has 4 rings (SSSR count). The normalized spacial score (nSPS) is 14.1. The van der Waals surface area contributed by atoms with Gasteiger partial charge in [0.1, 0.15) is 11.6 Å². The maximum absolute atomic E-state index is 10.9. The molecule has 0 atom stereocenters. The summed E-state index contributed by atoms with van der Waals surface area (Å²) in [7, 11) is 0. The molecule has 1 aliphatic rings. The topological polar surface area (TPSA) is 109 Å². The SMILES string of the molecule is NC(=O)COc1cccc(CN2CCN(c3nsc4ccccc34)CC2)c1.O=CO. The Morgan fingerprint density at radius 1 is 1.17 bits per heavy atom. The molecular weight excluding hydrogens is 404 g/mol. The summed E-state index contributed by atoms with van der Waals surface area (Å²) in [6, 6.07) is 16.3. The maximum atomic E-state index is 10.9. The van der Waals surface area contributed by atoms with Crippen molar-refractivity contribution in [3.05, 3.63) is 54.1 Å². The molecule has 158 valence electrons. The number of carbonyl (C=O) groups excluding carboxylic acids is 1. The van der Waals surface area contributed by atoms with Crippen LogP contribution in [0.2, 0.25) is 0 Å². The Morgan fingerprint density at radius 3 is 2.63 bits per heavy atom. The van der Waals surface area contributed by atoms with Crippen LogP contribution in [0.1, 0.15) is 5.56 Å². The van der Waals surface area contributed by atoms with E-state index >= 15 is 0 Å². The quantitative estimate of drug-likeness (QED) is 0.579. The third-order valence-electron chi connectivity index (χ3n) is 4.72. The molecule has 0 bridgehead atoms. The van der Waals surface area contributed by atoms with Gasteiger partial charge in [0.2, 0.25) is 0 Å². The molecule has 1 fully saturated rings. The lowest BCUT2D eigenvalue weighted by Gasteiger charge is -2.35. The summed E-state index contributed by atoms with van der Waals surface area (Å²) in [6.07, 6.45) is 0. The first-order valence-electron chi connectivity index (χ1n) is 9.50. The summed E-state index contributed by atoms with van der Waals surface area (Å²) < 4.78 is 11.3. The van der Waals surface area contributed by atoms with Gasteiger partial charge in [-0.2, -0.15) is 4.37 Å². The zero-order valence-corrected chi connectivity index (χ0v) is 17.3. The molecule has 2 aromatic carbocycles. The van der Waals surface area contributed by atoms with Crippen molar-refractivity contribution in [2.45, 2.75) is 6.54 Å². The van der Waals surface area contributed by atoms with Crippen LogP contribution < -0.4 is 15.4 Å². The van der Waals surface area contributed by atoms with Crippen LogP contribution in [0.25, 0.3) is 10.1 Å². The highest BCUT2D eigenvalue weighted by Gasteiger charge is 2.20. The highest BCUT2D eigenvalue weighted by Crippen LogP contribution is 2.30. The predicted molar refractivity (Wildman–Crippen MR) is 117 cm³/mol. The molecule has 1 saturated heterocycles. The van der Waals surface area contributed by atoms with Crippen molar-refractivity contribution in [2.75, 3.05) is 37.7 Å². The van der Waals surface area contributed by atoms with Crippen molar-refractivity contribution in [1.29, 1.82) is 0 Å². The van der Waals surface area contributed by atoms with Crippen LogP contribution in [-0.2, 0) is 16.1 Å². The minimum Gasteiger partial charge on any atom is -0.484 e. The lowest BCUT2D eigenvalue weighted by Crippen LogP contribution is -2.46. The van der Waals surface area contributed by atoms with E-state index in [0.29, 0.717) is 5.75 Å². The molecule has 0 saturated carbocycles. The first-order chi connectivity index (χ1) is 14.6. The van der Waals surface area contributed by atoms with E-state index in [1.807, 2.05) is 18.2 Å². The van der Waals surface area contributed by atoms with Gasteiger partial charge in [-0.15, -0.1) is 0 Å². The summed E-state index contributed by atoms with van der Waals surface area (Å²) in [5, 5.41) is 8.13. The molecule has 9 heteroatoms. The third-order valence-corrected chi connectivity index (χ3v) is 5.53. The van der Waals surface area contributed by atoms with Gasteiger partial charge >= 0.3 is 0 Å². The van der Waals surface area contributed by atoms with Gasteiger partial charge in [-0.25, -0.2) is 0 Å². The lowest BCUT2D eigenvalue weighted by molar-refractivity contribution is -0.123. The number of amides is 1. The van der Waals surface area contributed by atoms with Gasteiger partial charge in [-0.05, 0) is 41.4 Å². The molecule has 3 N–H and O–H groups in total. The van der Waals surface area contributed by atoms with Crippen LogP contribution in [0, 0.1) is 0 Å². The molecule has 8 nitrogen and oxygen atoms in total. The van der Waals surface area contributed by atoms with E-state index in [-0.39, 0.29) is 13.1 Å². The summed E-state index contributed by atoms with van der Waals surface area (Å²) in [6.45, 7) is 4.41. The minimum absolute atomic E-state index is 0.0935. The highest BCUT2D eigenvalue weighted by molar-refractivity contribution is 7.13. The smallest absolute Gasteiger partial charge is 0.290 e. The number of nitrogens with zero attached hydrogens (tertiary/aromatic N) is 3. The number of piperazine rings is 1. The fourth-order valence-electron chi connectivity index (χ4n) is 3.36. The van der Waals surface area contributed by atoms with Gasteiger partial charge in [0.25, 0.3) is 12.4 Å². The number of hydrogen-bond donors (Lipinski definition) is 2. The zero-order valence-electron chi connectivity index (χ0n) is 16.4. The number of carbonyl (C=O) groups is 2. The van der Waals surface area contributed by atoms with E-state index in [4.69, 9.17) is 20.4 Å². The molecule has 30 heavy (non-hydrogen) atoms. The molecule has 0 aliphatic carbocycles. The maximum Gasteiger partial charge on any atom is 0.290 e. The fraction of sp³-hybridized carbons (Fsp3) is 0.286. The van der Waals surface area contributed by atoms with Crippen molar-refractivity contribution in [2.24, 2.45) is 5.73 Å². The van der Waals surface area contributed by atoms with E-state index in [9.17, 15) is 4.79 Å². The number of anilines is 1. The number of hydrogen-bond acceptors (Lipinski definition) is 7. The van der Waals surface area contributed by atoms with E-state index in [1.54, 1.807) is 11.5 Å². The van der Waals surface area contributed by atoms with Crippen molar-refractivity contribution >= 4 is 39.8 Å². The summed E-state index contributed by atoms with van der Waals surface area (Å²) >= 11 is 1.57. The number of carboxylic acid groups (broad SMARTS) is 1. The van der Waals surface area contributed by atoms with Crippen molar-refractivity contribution in [1.82, 2.24) is 9.27 Å². The third kappa shape index (κ3) is 5.68. The van der Waals surface area contributed by atoms with Gasteiger partial charge in [-0.3, -0.25) is 14.5 Å². The van der Waals surface area contributed by atoms with Crippen molar-refractivity contribution in [3.63, 3.8) is 0 Å². The predicted octanol–water partition coefficient (Wildman–Crippen LogP) is 2.18. The average Bonchev–Trinajstić information content (AvgIpc) is 3.18. The molecule has 1 aliphatic heterocycles. The van der Waals surface area contributed by atoms with E-state index in [2.05, 4.69) is 44.5 Å². The number of aromatic nitrogens is 1. The highest BCUT2D eigenvalue weighted by atomic mass is 32.1. The Morgan fingerprint density at radius 2 is 1.90 bits per heavy atom. The average molecular weight is 429 g/mol. The van der Waals surface area contributed by atoms with E-state index in [1.165, 1.54) is 15.6 Å². The Balaban J connectivity index is 0.000000806. The second-order valence-electron chi connectivity index (χ2n) is 6.77. The zero-order chi connectivity index (χ0) is 21.3. The second kappa shape index (κ2) is 10.6. The van der Waals surface area contributed by atoms with Gasteiger partial charge < -0.3 is 20.5 Å². The van der Waals surface area contributed by atoms with Crippen LogP contribution in [0.3, 0.4) is 0 Å². The van der Waals surface area contributed by atoms with Gasteiger partial charge in [-0.1, -0.05) is 24.3 Å². The largest absolute Gasteiger partial charge is 0.484 e. The van der Waals surface area contributed by atoms with Gasteiger partial charge in [0, 0.05) is 38.1 Å². The Bertz CT molecular complexity index is 986. The van der Waals surface area contributed by atoms with Crippen LogP contribution >= 0.6 is 11.5 Å². The number of fused-ring (bicyclic) bond motifs is 1. The number of primary amides is 1. The van der Waals surface area contributed by atoms with Crippen LogP contribution in [0.5, 0.6) is 5.75 Å². The molecule has 1 amide bonds. The monoisotopic (exact) mass is 428 g/mol. The van der Waals surface area contributed by atoms with Gasteiger partial charge in [0.15, 0.2) is 6.61 Å². The number of rotatable bonds is 6. The number of nitrogens with two attached hydrogens (primary N) is 1. The first kappa shape index (κ1) is 21.5. The molecule has 1 aromatic heterocycles. The summed E-state index contributed by atoms with van der Waals surface area (Å²) in [4.78, 5) is 24.0. The Hall–Kier alpha value is -3.17. The first-order valence-corrected chi connectivity index (χ1v) is 10.3. The molecule has 0 unspecified atom stereocenters. The minimum atomic E-state index is -0.467. The molecule has 0 radical (unpaired) electrons. The van der Waals surface area contributed by atoms with Gasteiger partial charge in [0.05, 0.1) is 4.70 Å². The molecule has 3 aromatic rings. The van der Waals surface area contributed by atoms with E-state index < -0.39 is 5.91 Å². The second-order valence-corrected chi connectivity index (χ2v) is 7.58. The van der Waals surface area contributed by atoms with Crippen LogP contribution in [-0.4, -0.2) is 59.5 Å². The standard InChI is InChI=1S/C20H22N4O2S.CH2O2/c21-19(25)14-26-16-5-3-4-15(12-16)13-23-8-10-24(11-9-23)20-17-6-1-2-7-18(17)27-22-20;2-1-3/h1-7,12H,8-11,13-14H2,(H2,21,25);1H,(H,2,3). The van der Waals surface area contributed by atoms with Crippen LogP contribution in [0.4, 0.5) is 5.82 Å². The molecule has 2 heterocycles. The summed E-state index contributed by atoms with van der Waals surface area (Å²) in [5.74, 6) is 1.32. The lowest BCUT2D eigenvalue weighted by atomic mass is 10.2. The molecular formula is C21H24N4O4S.